The van der Waals surface area contributed by atoms with E-state index >= 15 is 0 Å². The monoisotopic (exact) mass is 399 g/mol. The normalized spacial score (nSPS) is 11.8. The lowest BCUT2D eigenvalue weighted by Crippen LogP contribution is -2.30. The summed E-state index contributed by atoms with van der Waals surface area (Å²) in [6, 6.07) is 5.89. The van der Waals surface area contributed by atoms with Crippen LogP contribution in [0, 0.1) is 5.82 Å². The number of aromatic nitrogens is 1. The van der Waals surface area contributed by atoms with Crippen molar-refractivity contribution in [2.24, 2.45) is 0 Å². The van der Waals surface area contributed by atoms with Crippen LogP contribution in [0.15, 0.2) is 41.1 Å². The molecule has 0 aliphatic carbocycles. The first-order chi connectivity index (χ1) is 11.5. The van der Waals surface area contributed by atoms with Crippen LogP contribution in [-0.4, -0.2) is 40.4 Å². The largest absolute Gasteiger partial charge is 0.394 e. The van der Waals surface area contributed by atoms with Crippen molar-refractivity contribution in [2.45, 2.75) is 6.10 Å². The van der Waals surface area contributed by atoms with Gasteiger partial charge in [-0.2, -0.15) is 0 Å². The third kappa shape index (κ3) is 4.96. The van der Waals surface area contributed by atoms with Crippen molar-refractivity contribution in [3.63, 3.8) is 0 Å². The Morgan fingerprint density at radius 1 is 1.38 bits per heavy atom. The molecule has 0 saturated carbocycles. The molecular formula is C15H15BrFN3O4. The zero-order valence-electron chi connectivity index (χ0n) is 12.4. The summed E-state index contributed by atoms with van der Waals surface area (Å²) in [4.78, 5) is 20.8. The molecule has 2 aromatic rings. The number of carbonyl (C=O) groups excluding carboxylic acids is 1. The van der Waals surface area contributed by atoms with Gasteiger partial charge < -0.3 is 15.5 Å². The summed E-state index contributed by atoms with van der Waals surface area (Å²) in [5.74, 6) is -1.11. The first-order valence-corrected chi connectivity index (χ1v) is 7.67. The second kappa shape index (κ2) is 8.69. The number of pyridine rings is 1. The second-order valence-corrected chi connectivity index (χ2v) is 5.66. The maximum Gasteiger partial charge on any atom is 0.277 e. The molecule has 0 radical (unpaired) electrons. The average molecular weight is 400 g/mol. The molecule has 0 fully saturated rings. The molecule has 0 aliphatic rings. The topological polar surface area (TPSA) is 104 Å². The molecule has 0 aliphatic heterocycles. The van der Waals surface area contributed by atoms with Crippen LogP contribution < -0.4 is 10.8 Å². The van der Waals surface area contributed by atoms with Crippen LogP contribution >= 0.6 is 15.9 Å². The maximum atomic E-state index is 13.9. The predicted molar refractivity (Wildman–Crippen MR) is 88.1 cm³/mol. The molecule has 1 heterocycles. The van der Waals surface area contributed by atoms with E-state index in [1.165, 1.54) is 30.6 Å². The van der Waals surface area contributed by atoms with Gasteiger partial charge in [0, 0.05) is 10.7 Å². The molecule has 128 valence electrons. The van der Waals surface area contributed by atoms with Gasteiger partial charge in [-0.05, 0) is 24.3 Å². The molecule has 4 N–H and O–H groups in total. The molecule has 0 saturated heterocycles. The number of aliphatic hydroxyl groups excluding tert-OH is 2. The van der Waals surface area contributed by atoms with Crippen LogP contribution in [-0.2, 0) is 4.84 Å². The lowest BCUT2D eigenvalue weighted by Gasteiger charge is -2.13. The van der Waals surface area contributed by atoms with Gasteiger partial charge in [0.25, 0.3) is 5.91 Å². The Bertz CT molecular complexity index is 717. The number of nitrogens with one attached hydrogen (secondary N) is 2. The predicted octanol–water partition coefficient (Wildman–Crippen LogP) is 1.74. The van der Waals surface area contributed by atoms with Crippen LogP contribution in [0.3, 0.4) is 0 Å². The zero-order chi connectivity index (χ0) is 17.5. The molecule has 9 heteroatoms. The van der Waals surface area contributed by atoms with Crippen molar-refractivity contribution in [3.8, 4) is 0 Å². The molecule has 1 aromatic heterocycles. The number of hydroxylamine groups is 1. The Kier molecular flexibility index (Phi) is 6.62. The summed E-state index contributed by atoms with van der Waals surface area (Å²) in [5.41, 5.74) is 2.76. The summed E-state index contributed by atoms with van der Waals surface area (Å²) in [5, 5.41) is 20.6. The summed E-state index contributed by atoms with van der Waals surface area (Å²) in [6.07, 6.45) is 1.68. The van der Waals surface area contributed by atoms with Crippen molar-refractivity contribution in [1.82, 2.24) is 10.5 Å². The van der Waals surface area contributed by atoms with Gasteiger partial charge in [0.1, 0.15) is 18.5 Å². The minimum absolute atomic E-state index is 0.172. The van der Waals surface area contributed by atoms with Crippen molar-refractivity contribution in [1.29, 1.82) is 0 Å². The van der Waals surface area contributed by atoms with E-state index in [1.807, 2.05) is 0 Å². The molecular weight excluding hydrogens is 385 g/mol. The van der Waals surface area contributed by atoms with E-state index in [9.17, 15) is 9.18 Å². The van der Waals surface area contributed by atoms with Crippen LogP contribution in [0.2, 0.25) is 0 Å². The highest BCUT2D eigenvalue weighted by Gasteiger charge is 2.14. The molecule has 1 aromatic carbocycles. The van der Waals surface area contributed by atoms with Crippen LogP contribution in [0.1, 0.15) is 10.4 Å². The van der Waals surface area contributed by atoms with Gasteiger partial charge in [-0.25, -0.2) is 9.87 Å². The number of carbonyl (C=O) groups is 1. The van der Waals surface area contributed by atoms with Crippen molar-refractivity contribution in [3.05, 3.63) is 52.5 Å². The summed E-state index contributed by atoms with van der Waals surface area (Å²) >= 11 is 3.17. The van der Waals surface area contributed by atoms with E-state index in [4.69, 9.17) is 15.1 Å². The number of amides is 1. The molecule has 1 atom stereocenters. The summed E-state index contributed by atoms with van der Waals surface area (Å²) < 4.78 is 14.5. The number of anilines is 2. The van der Waals surface area contributed by atoms with E-state index in [-0.39, 0.29) is 23.5 Å². The van der Waals surface area contributed by atoms with Gasteiger partial charge in [-0.15, -0.1) is 0 Å². The molecule has 0 spiro atoms. The Balaban J connectivity index is 2.10. The Hall–Kier alpha value is -2.07. The van der Waals surface area contributed by atoms with Crippen molar-refractivity contribution >= 4 is 33.2 Å². The number of aliphatic hydroxyl groups is 2. The van der Waals surface area contributed by atoms with E-state index in [2.05, 4.69) is 31.7 Å². The fourth-order valence-corrected chi connectivity index (χ4v) is 2.07. The summed E-state index contributed by atoms with van der Waals surface area (Å²) in [6.45, 7) is -0.752. The highest BCUT2D eigenvalue weighted by molar-refractivity contribution is 9.10. The molecule has 24 heavy (non-hydrogen) atoms. The van der Waals surface area contributed by atoms with Crippen LogP contribution in [0.5, 0.6) is 0 Å². The summed E-state index contributed by atoms with van der Waals surface area (Å²) in [7, 11) is 0. The van der Waals surface area contributed by atoms with Gasteiger partial charge >= 0.3 is 0 Å². The number of hydrogen-bond acceptors (Lipinski definition) is 6. The first kappa shape index (κ1) is 18.3. The minimum Gasteiger partial charge on any atom is -0.394 e. The minimum atomic E-state index is -1.10. The first-order valence-electron chi connectivity index (χ1n) is 6.88. The Labute approximate surface area is 145 Å². The lowest BCUT2D eigenvalue weighted by atomic mass is 10.2. The maximum absolute atomic E-state index is 13.9. The van der Waals surface area contributed by atoms with Gasteiger partial charge in [-0.3, -0.25) is 14.6 Å². The second-order valence-electron chi connectivity index (χ2n) is 4.75. The fourth-order valence-electron chi connectivity index (χ4n) is 1.74. The number of halogens is 2. The molecule has 1 amide bonds. The lowest BCUT2D eigenvalue weighted by molar-refractivity contribution is -0.0295. The number of hydrogen-bond donors (Lipinski definition) is 4. The van der Waals surface area contributed by atoms with Gasteiger partial charge in [0.15, 0.2) is 0 Å². The van der Waals surface area contributed by atoms with E-state index in [0.717, 1.165) is 0 Å². The third-order valence-corrected chi connectivity index (χ3v) is 3.41. The van der Waals surface area contributed by atoms with E-state index in [1.54, 1.807) is 6.07 Å². The fraction of sp³-hybridized carbons (Fsp3) is 0.200. The van der Waals surface area contributed by atoms with E-state index < -0.39 is 24.4 Å². The zero-order valence-corrected chi connectivity index (χ0v) is 14.0. The van der Waals surface area contributed by atoms with Crippen molar-refractivity contribution in [2.75, 3.05) is 18.5 Å². The SMILES string of the molecule is O=C(NOCC(O)CO)c1ccncc1Nc1ccc(Br)cc1F. The standard InChI is InChI=1S/C15H15BrFN3O4/c16-9-1-2-13(12(17)5-9)19-14-6-18-4-3-11(14)15(23)20-24-8-10(22)7-21/h1-6,10,19,21-22H,7-8H2,(H,20,23). The van der Waals surface area contributed by atoms with Crippen LogP contribution in [0.4, 0.5) is 15.8 Å². The number of benzene rings is 1. The van der Waals surface area contributed by atoms with Gasteiger partial charge in [0.05, 0.1) is 29.7 Å². The smallest absolute Gasteiger partial charge is 0.277 e. The molecule has 7 nitrogen and oxygen atoms in total. The molecule has 2 rings (SSSR count). The Morgan fingerprint density at radius 2 is 2.17 bits per heavy atom. The molecule has 0 bridgehead atoms. The average Bonchev–Trinajstić information content (AvgIpc) is 2.57. The Morgan fingerprint density at radius 3 is 2.88 bits per heavy atom. The van der Waals surface area contributed by atoms with Crippen LogP contribution in [0.25, 0.3) is 0 Å². The molecule has 1 unspecified atom stereocenters. The van der Waals surface area contributed by atoms with Gasteiger partial charge in [0.2, 0.25) is 0 Å². The van der Waals surface area contributed by atoms with Crippen molar-refractivity contribution < 1.29 is 24.2 Å². The van der Waals surface area contributed by atoms with Gasteiger partial charge in [-0.1, -0.05) is 15.9 Å². The number of rotatable bonds is 7. The van der Waals surface area contributed by atoms with E-state index in [0.29, 0.717) is 4.47 Å². The highest BCUT2D eigenvalue weighted by atomic mass is 79.9. The third-order valence-electron chi connectivity index (χ3n) is 2.92. The number of nitrogens with zero attached hydrogens (tertiary/aromatic N) is 1. The highest BCUT2D eigenvalue weighted by Crippen LogP contribution is 2.24. The quantitative estimate of drug-likeness (QED) is 0.528.